The molecule has 1 aromatic carbocycles. The van der Waals surface area contributed by atoms with Crippen molar-refractivity contribution in [3.05, 3.63) is 29.3 Å². The number of ether oxygens (including phenoxy) is 1. The summed E-state index contributed by atoms with van der Waals surface area (Å²) in [5.41, 5.74) is 2.45. The fraction of sp³-hybridized carbons (Fsp3) is 0.538. The molecule has 0 aliphatic heterocycles. The summed E-state index contributed by atoms with van der Waals surface area (Å²) < 4.78 is 5.78. The molecule has 1 N–H and O–H groups in total. The van der Waals surface area contributed by atoms with Gasteiger partial charge in [-0.05, 0) is 37.8 Å². The van der Waals surface area contributed by atoms with Gasteiger partial charge in [-0.3, -0.25) is 0 Å². The Labute approximate surface area is 91.6 Å². The molecule has 15 heavy (non-hydrogen) atoms. The monoisotopic (exact) mass is 205 g/mol. The van der Waals surface area contributed by atoms with Gasteiger partial charge in [0.25, 0.3) is 0 Å². The lowest BCUT2D eigenvalue weighted by atomic mass is 10.1. The number of benzene rings is 1. The fourth-order valence-electron chi connectivity index (χ4n) is 1.73. The predicted octanol–water partition coefficient (Wildman–Crippen LogP) is 2.43. The van der Waals surface area contributed by atoms with Gasteiger partial charge in [0, 0.05) is 12.6 Å². The van der Waals surface area contributed by atoms with Crippen LogP contribution >= 0.6 is 0 Å². The van der Waals surface area contributed by atoms with Crippen LogP contribution in [0.25, 0.3) is 0 Å². The van der Waals surface area contributed by atoms with Crippen molar-refractivity contribution in [2.75, 3.05) is 13.2 Å². The van der Waals surface area contributed by atoms with Crippen LogP contribution in [0.3, 0.4) is 0 Å². The quantitative estimate of drug-likeness (QED) is 0.745. The lowest BCUT2D eigenvalue weighted by molar-refractivity contribution is 0.309. The Morgan fingerprint density at radius 3 is 2.53 bits per heavy atom. The summed E-state index contributed by atoms with van der Waals surface area (Å²) in [6.45, 7) is 5.91. The first-order chi connectivity index (χ1) is 7.27. The summed E-state index contributed by atoms with van der Waals surface area (Å²) in [6.07, 6.45) is 2.67. The van der Waals surface area contributed by atoms with Gasteiger partial charge in [-0.1, -0.05) is 18.2 Å². The Hall–Kier alpha value is -1.02. The molecule has 0 atom stereocenters. The fourth-order valence-corrected chi connectivity index (χ4v) is 1.73. The van der Waals surface area contributed by atoms with Crippen molar-refractivity contribution in [1.29, 1.82) is 0 Å². The summed E-state index contributed by atoms with van der Waals surface area (Å²) in [4.78, 5) is 0. The first-order valence-corrected chi connectivity index (χ1v) is 5.70. The van der Waals surface area contributed by atoms with Gasteiger partial charge in [0.05, 0.1) is 0 Å². The molecule has 0 bridgehead atoms. The molecule has 82 valence electrons. The number of hydrogen-bond donors (Lipinski definition) is 1. The first-order valence-electron chi connectivity index (χ1n) is 5.70. The van der Waals surface area contributed by atoms with Crippen molar-refractivity contribution >= 4 is 0 Å². The molecule has 0 radical (unpaired) electrons. The summed E-state index contributed by atoms with van der Waals surface area (Å²) in [5, 5.41) is 3.44. The minimum Gasteiger partial charge on any atom is -0.492 e. The van der Waals surface area contributed by atoms with E-state index in [1.165, 1.54) is 24.0 Å². The number of nitrogens with one attached hydrogen (secondary N) is 1. The van der Waals surface area contributed by atoms with Crippen molar-refractivity contribution in [2.24, 2.45) is 0 Å². The van der Waals surface area contributed by atoms with Gasteiger partial charge < -0.3 is 10.1 Å². The Kier molecular flexibility index (Phi) is 3.27. The molecule has 1 aliphatic rings. The maximum atomic E-state index is 5.78. The molecule has 0 amide bonds. The smallest absolute Gasteiger partial charge is 0.125 e. The van der Waals surface area contributed by atoms with Gasteiger partial charge >= 0.3 is 0 Å². The molecule has 0 spiro atoms. The Morgan fingerprint density at radius 1 is 1.27 bits per heavy atom. The normalized spacial score (nSPS) is 15.3. The predicted molar refractivity (Wildman–Crippen MR) is 62.4 cm³/mol. The molecule has 2 rings (SSSR count). The molecule has 1 aromatic rings. The second-order valence-electron chi connectivity index (χ2n) is 4.30. The maximum Gasteiger partial charge on any atom is 0.125 e. The van der Waals surface area contributed by atoms with E-state index in [0.29, 0.717) is 0 Å². The van der Waals surface area contributed by atoms with Crippen LogP contribution in [-0.4, -0.2) is 19.2 Å². The zero-order valence-corrected chi connectivity index (χ0v) is 9.55. The SMILES string of the molecule is Cc1cccc(C)c1OCCNC1CC1. The molecule has 0 aromatic heterocycles. The number of rotatable bonds is 5. The van der Waals surface area contributed by atoms with E-state index in [1.807, 2.05) is 0 Å². The van der Waals surface area contributed by atoms with E-state index < -0.39 is 0 Å². The lowest BCUT2D eigenvalue weighted by Crippen LogP contribution is -2.23. The van der Waals surface area contributed by atoms with E-state index in [1.54, 1.807) is 0 Å². The van der Waals surface area contributed by atoms with E-state index >= 15 is 0 Å². The third kappa shape index (κ3) is 2.96. The first kappa shape index (κ1) is 10.5. The zero-order chi connectivity index (χ0) is 10.7. The van der Waals surface area contributed by atoms with Crippen molar-refractivity contribution in [2.45, 2.75) is 32.7 Å². The lowest BCUT2D eigenvalue weighted by Gasteiger charge is -2.11. The third-order valence-electron chi connectivity index (χ3n) is 2.77. The molecule has 2 nitrogen and oxygen atoms in total. The molecule has 0 saturated heterocycles. The number of para-hydroxylation sites is 1. The highest BCUT2D eigenvalue weighted by Gasteiger charge is 2.19. The van der Waals surface area contributed by atoms with Crippen LogP contribution in [0, 0.1) is 13.8 Å². The Morgan fingerprint density at radius 2 is 1.93 bits per heavy atom. The van der Waals surface area contributed by atoms with E-state index in [2.05, 4.69) is 37.4 Å². The molecule has 2 heteroatoms. The van der Waals surface area contributed by atoms with Crippen molar-refractivity contribution in [3.63, 3.8) is 0 Å². The van der Waals surface area contributed by atoms with E-state index in [4.69, 9.17) is 4.74 Å². The van der Waals surface area contributed by atoms with Gasteiger partial charge in [-0.2, -0.15) is 0 Å². The van der Waals surface area contributed by atoms with Crippen LogP contribution in [-0.2, 0) is 0 Å². The molecule has 1 aliphatic carbocycles. The summed E-state index contributed by atoms with van der Waals surface area (Å²) >= 11 is 0. The van der Waals surface area contributed by atoms with Crippen LogP contribution in [0.1, 0.15) is 24.0 Å². The highest BCUT2D eigenvalue weighted by atomic mass is 16.5. The van der Waals surface area contributed by atoms with Crippen molar-refractivity contribution in [3.8, 4) is 5.75 Å². The Balaban J connectivity index is 1.80. The van der Waals surface area contributed by atoms with Crippen LogP contribution in [0.4, 0.5) is 0 Å². The molecule has 1 fully saturated rings. The highest BCUT2D eigenvalue weighted by Crippen LogP contribution is 2.22. The van der Waals surface area contributed by atoms with Crippen LogP contribution < -0.4 is 10.1 Å². The maximum absolute atomic E-state index is 5.78. The zero-order valence-electron chi connectivity index (χ0n) is 9.55. The van der Waals surface area contributed by atoms with E-state index in [0.717, 1.165) is 24.9 Å². The summed E-state index contributed by atoms with van der Waals surface area (Å²) in [5.74, 6) is 1.05. The summed E-state index contributed by atoms with van der Waals surface area (Å²) in [7, 11) is 0. The van der Waals surface area contributed by atoms with Crippen LogP contribution in [0.5, 0.6) is 5.75 Å². The van der Waals surface area contributed by atoms with E-state index in [-0.39, 0.29) is 0 Å². The topological polar surface area (TPSA) is 21.3 Å². The minimum absolute atomic E-state index is 0.766. The van der Waals surface area contributed by atoms with Gasteiger partial charge in [0.1, 0.15) is 12.4 Å². The van der Waals surface area contributed by atoms with Crippen molar-refractivity contribution < 1.29 is 4.74 Å². The van der Waals surface area contributed by atoms with Crippen LogP contribution in [0.2, 0.25) is 0 Å². The standard InChI is InChI=1S/C13H19NO/c1-10-4-3-5-11(2)13(10)15-9-8-14-12-6-7-12/h3-5,12,14H,6-9H2,1-2H3. The van der Waals surface area contributed by atoms with Gasteiger partial charge in [-0.15, -0.1) is 0 Å². The molecular weight excluding hydrogens is 186 g/mol. The largest absolute Gasteiger partial charge is 0.492 e. The molecule has 1 saturated carbocycles. The number of hydrogen-bond acceptors (Lipinski definition) is 2. The second kappa shape index (κ2) is 4.67. The average Bonchev–Trinajstić information content (AvgIpc) is 3.00. The minimum atomic E-state index is 0.766. The molecule has 0 heterocycles. The van der Waals surface area contributed by atoms with Crippen LogP contribution in [0.15, 0.2) is 18.2 Å². The van der Waals surface area contributed by atoms with Gasteiger partial charge in [0.2, 0.25) is 0 Å². The van der Waals surface area contributed by atoms with Crippen molar-refractivity contribution in [1.82, 2.24) is 5.32 Å². The number of aryl methyl sites for hydroxylation is 2. The highest BCUT2D eigenvalue weighted by molar-refractivity contribution is 5.39. The van der Waals surface area contributed by atoms with Gasteiger partial charge in [-0.25, -0.2) is 0 Å². The molecule has 0 unspecified atom stereocenters. The molecular formula is C13H19NO. The Bertz CT molecular complexity index is 311. The summed E-state index contributed by atoms with van der Waals surface area (Å²) in [6, 6.07) is 7.03. The second-order valence-corrected chi connectivity index (χ2v) is 4.30. The average molecular weight is 205 g/mol. The third-order valence-corrected chi connectivity index (χ3v) is 2.77. The van der Waals surface area contributed by atoms with E-state index in [9.17, 15) is 0 Å². The van der Waals surface area contributed by atoms with Gasteiger partial charge in [0.15, 0.2) is 0 Å².